The minimum atomic E-state index is -1.02. The first-order valence-electron chi connectivity index (χ1n) is 7.62. The van der Waals surface area contributed by atoms with Crippen LogP contribution in [0.5, 0.6) is 0 Å². The maximum Gasteiger partial charge on any atom is 0.261 e. The summed E-state index contributed by atoms with van der Waals surface area (Å²) in [5.74, 6) is 0.548. The highest BCUT2D eigenvalue weighted by atomic mass is 35.5. The third kappa shape index (κ3) is 3.82. The van der Waals surface area contributed by atoms with Crippen LogP contribution in [0.3, 0.4) is 0 Å². The molecule has 1 aliphatic heterocycles. The van der Waals surface area contributed by atoms with Crippen molar-refractivity contribution in [1.82, 2.24) is 5.32 Å². The van der Waals surface area contributed by atoms with E-state index in [0.717, 1.165) is 18.4 Å². The second kappa shape index (κ2) is 7.97. The van der Waals surface area contributed by atoms with E-state index in [9.17, 15) is 4.79 Å². The summed E-state index contributed by atoms with van der Waals surface area (Å²) in [6, 6.07) is 9.87. The highest BCUT2D eigenvalue weighted by Gasteiger charge is 2.52. The third-order valence-electron chi connectivity index (χ3n) is 3.63. The minimum absolute atomic E-state index is 0.130. The van der Waals surface area contributed by atoms with Crippen molar-refractivity contribution in [2.75, 3.05) is 6.54 Å². The average molecular weight is 340 g/mol. The molecule has 6 heteroatoms. The van der Waals surface area contributed by atoms with Crippen molar-refractivity contribution in [2.45, 2.75) is 48.7 Å². The molecule has 1 N–H and O–H groups in total. The molecular formula is C16H22ClN3OS. The number of rotatable bonds is 7. The van der Waals surface area contributed by atoms with Gasteiger partial charge in [0.05, 0.1) is 6.04 Å². The lowest BCUT2D eigenvalue weighted by atomic mass is 10.1. The van der Waals surface area contributed by atoms with E-state index in [4.69, 9.17) is 11.6 Å². The number of thioether (sulfide) groups is 1. The van der Waals surface area contributed by atoms with E-state index < -0.39 is 10.2 Å². The first kappa shape index (κ1) is 17.3. The molecule has 0 spiro atoms. The quantitative estimate of drug-likeness (QED) is 0.603. The normalized spacial score (nSPS) is 27.0. The minimum Gasteiger partial charge on any atom is -0.353 e. The number of amides is 1. The van der Waals surface area contributed by atoms with Gasteiger partial charge in [0.25, 0.3) is 5.91 Å². The molecule has 0 saturated heterocycles. The predicted octanol–water partition coefficient (Wildman–Crippen LogP) is 3.99. The molecule has 2 rings (SSSR count). The molecular weight excluding hydrogens is 318 g/mol. The molecule has 0 radical (unpaired) electrons. The lowest BCUT2D eigenvalue weighted by Gasteiger charge is -2.27. The Morgan fingerprint density at radius 1 is 1.41 bits per heavy atom. The van der Waals surface area contributed by atoms with E-state index in [1.807, 2.05) is 37.3 Å². The summed E-state index contributed by atoms with van der Waals surface area (Å²) in [5, 5.41) is 10.9. The number of hydrogen-bond acceptors (Lipinski definition) is 4. The van der Waals surface area contributed by atoms with Gasteiger partial charge in [-0.25, -0.2) is 0 Å². The zero-order valence-corrected chi connectivity index (χ0v) is 14.5. The van der Waals surface area contributed by atoms with Crippen LogP contribution in [0.1, 0.15) is 32.3 Å². The van der Waals surface area contributed by atoms with Crippen molar-refractivity contribution in [1.29, 1.82) is 0 Å². The summed E-state index contributed by atoms with van der Waals surface area (Å²) < 4.78 is 0. The Morgan fingerprint density at radius 2 is 2.14 bits per heavy atom. The zero-order valence-electron chi connectivity index (χ0n) is 13.0. The van der Waals surface area contributed by atoms with Gasteiger partial charge in [0.15, 0.2) is 0 Å². The smallest absolute Gasteiger partial charge is 0.261 e. The molecule has 3 atom stereocenters. The second-order valence-electron chi connectivity index (χ2n) is 5.44. The summed E-state index contributed by atoms with van der Waals surface area (Å²) in [5.41, 5.74) is 1.15. The molecule has 1 aliphatic rings. The molecule has 1 heterocycles. The predicted molar refractivity (Wildman–Crippen MR) is 92.3 cm³/mol. The Morgan fingerprint density at radius 3 is 2.73 bits per heavy atom. The van der Waals surface area contributed by atoms with E-state index in [2.05, 4.69) is 22.5 Å². The van der Waals surface area contributed by atoms with Gasteiger partial charge in [0, 0.05) is 12.3 Å². The Hall–Kier alpha value is -1.07. The first-order valence-corrected chi connectivity index (χ1v) is 9.04. The van der Waals surface area contributed by atoms with Crippen molar-refractivity contribution >= 4 is 29.3 Å². The van der Waals surface area contributed by atoms with Crippen LogP contribution >= 0.6 is 23.4 Å². The molecule has 0 aliphatic carbocycles. The van der Waals surface area contributed by atoms with E-state index in [1.165, 1.54) is 11.8 Å². The fourth-order valence-corrected chi connectivity index (χ4v) is 3.86. The van der Waals surface area contributed by atoms with Crippen LogP contribution in [-0.2, 0) is 10.5 Å². The lowest BCUT2D eigenvalue weighted by Crippen LogP contribution is -2.49. The molecule has 22 heavy (non-hydrogen) atoms. The molecule has 0 fully saturated rings. The summed E-state index contributed by atoms with van der Waals surface area (Å²) in [6.07, 6.45) is 1.98. The molecule has 0 bridgehead atoms. The van der Waals surface area contributed by atoms with Gasteiger partial charge >= 0.3 is 0 Å². The largest absolute Gasteiger partial charge is 0.353 e. The Kier molecular flexibility index (Phi) is 6.26. The second-order valence-corrected chi connectivity index (χ2v) is 7.11. The van der Waals surface area contributed by atoms with E-state index >= 15 is 0 Å². The van der Waals surface area contributed by atoms with Gasteiger partial charge in [-0.1, -0.05) is 43.7 Å². The van der Waals surface area contributed by atoms with Gasteiger partial charge in [-0.3, -0.25) is 4.79 Å². The number of azo groups is 1. The molecule has 120 valence electrons. The van der Waals surface area contributed by atoms with Gasteiger partial charge in [0.1, 0.15) is 5.38 Å². The van der Waals surface area contributed by atoms with E-state index in [1.54, 1.807) is 0 Å². The summed E-state index contributed by atoms with van der Waals surface area (Å²) in [6.45, 7) is 4.63. The number of halogens is 1. The first-order chi connectivity index (χ1) is 10.6. The molecule has 0 unspecified atom stereocenters. The van der Waals surface area contributed by atoms with Crippen LogP contribution in [0.4, 0.5) is 0 Å². The lowest BCUT2D eigenvalue weighted by molar-refractivity contribution is -0.123. The monoisotopic (exact) mass is 339 g/mol. The molecule has 0 saturated carbocycles. The van der Waals surface area contributed by atoms with Crippen LogP contribution in [-0.4, -0.2) is 28.7 Å². The number of carbonyl (C=O) groups is 1. The van der Waals surface area contributed by atoms with E-state index in [0.29, 0.717) is 12.3 Å². The third-order valence-corrected chi connectivity index (χ3v) is 5.88. The van der Waals surface area contributed by atoms with Crippen LogP contribution in [0, 0.1) is 0 Å². The maximum atomic E-state index is 12.6. The number of alkyl halides is 1. The van der Waals surface area contributed by atoms with Gasteiger partial charge in [0.2, 0.25) is 4.87 Å². The molecule has 1 amide bonds. The summed E-state index contributed by atoms with van der Waals surface area (Å²) >= 11 is 7.95. The van der Waals surface area contributed by atoms with E-state index in [-0.39, 0.29) is 11.9 Å². The van der Waals surface area contributed by atoms with Crippen molar-refractivity contribution in [3.05, 3.63) is 35.9 Å². The Labute approximate surface area is 141 Å². The number of unbranched alkanes of at least 4 members (excludes halogenated alkanes) is 1. The highest BCUT2D eigenvalue weighted by molar-refractivity contribution is 8.00. The molecule has 0 aromatic heterocycles. The van der Waals surface area contributed by atoms with Gasteiger partial charge in [-0.2, -0.15) is 10.2 Å². The molecule has 1 aromatic rings. The fraction of sp³-hybridized carbons (Fsp3) is 0.562. The molecule has 1 aromatic carbocycles. The number of nitrogens with zero attached hydrogens (tertiary/aromatic N) is 2. The van der Waals surface area contributed by atoms with Crippen molar-refractivity contribution < 1.29 is 4.79 Å². The van der Waals surface area contributed by atoms with Gasteiger partial charge < -0.3 is 5.32 Å². The number of nitrogens with one attached hydrogen (secondary N) is 1. The number of carbonyl (C=O) groups excluding carboxylic acids is 1. The Balaban J connectivity index is 2.09. The van der Waals surface area contributed by atoms with Crippen LogP contribution in [0.15, 0.2) is 40.6 Å². The van der Waals surface area contributed by atoms with Crippen molar-refractivity contribution in [3.63, 3.8) is 0 Å². The topological polar surface area (TPSA) is 53.8 Å². The van der Waals surface area contributed by atoms with Crippen LogP contribution < -0.4 is 5.32 Å². The average Bonchev–Trinajstić information content (AvgIpc) is 2.83. The van der Waals surface area contributed by atoms with Gasteiger partial charge in [-0.15, -0.1) is 23.4 Å². The summed E-state index contributed by atoms with van der Waals surface area (Å²) in [7, 11) is 0. The van der Waals surface area contributed by atoms with Crippen LogP contribution in [0.25, 0.3) is 0 Å². The standard InChI is InChI=1S/C16H22ClN3OS/c1-3-4-10-18-15(21)16(14(17)12(2)19-20-16)22-11-13-8-6-5-7-9-13/h5-9,12,14H,3-4,10-11H2,1-2H3,(H,18,21)/t12-,14-,16+/m0/s1. The maximum absolute atomic E-state index is 12.6. The SMILES string of the molecule is CCCCNC(=O)[C@@]1(SCc2ccccc2)N=N[C@@H](C)[C@@H]1Cl. The summed E-state index contributed by atoms with van der Waals surface area (Å²) in [4.78, 5) is 11.6. The van der Waals surface area contributed by atoms with Crippen molar-refractivity contribution in [3.8, 4) is 0 Å². The number of benzene rings is 1. The highest BCUT2D eigenvalue weighted by Crippen LogP contribution is 2.43. The number of hydrogen-bond donors (Lipinski definition) is 1. The fourth-order valence-electron chi connectivity index (χ4n) is 2.24. The van der Waals surface area contributed by atoms with Crippen LogP contribution in [0.2, 0.25) is 0 Å². The zero-order chi connectivity index (χ0) is 16.0. The van der Waals surface area contributed by atoms with Gasteiger partial charge in [-0.05, 0) is 18.9 Å². The molecule has 4 nitrogen and oxygen atoms in total. The van der Waals surface area contributed by atoms with Crippen molar-refractivity contribution in [2.24, 2.45) is 10.2 Å². The Bertz CT molecular complexity index is 525.